The van der Waals surface area contributed by atoms with Gasteiger partial charge in [0.1, 0.15) is 0 Å². The Morgan fingerprint density at radius 2 is 0.617 bits per heavy atom. The van der Waals surface area contributed by atoms with Crippen LogP contribution in [0.25, 0.3) is 0 Å². The summed E-state index contributed by atoms with van der Waals surface area (Å²) in [5.41, 5.74) is 12.2. The lowest BCUT2D eigenvalue weighted by Crippen LogP contribution is -2.54. The number of rotatable bonds is 1. The molecule has 3 heterocycles. The van der Waals surface area contributed by atoms with Crippen molar-refractivity contribution in [1.82, 2.24) is 0 Å². The third-order valence-corrected chi connectivity index (χ3v) is 20.3. The summed E-state index contributed by atoms with van der Waals surface area (Å²) in [5.74, 6) is 6.84. The van der Waals surface area contributed by atoms with Crippen molar-refractivity contribution >= 4 is 11.4 Å². The summed E-state index contributed by atoms with van der Waals surface area (Å²) < 4.78 is 0. The molecule has 0 amide bonds. The van der Waals surface area contributed by atoms with E-state index in [0.29, 0.717) is 0 Å². The molecule has 2 heteroatoms. The van der Waals surface area contributed by atoms with Gasteiger partial charge in [0.15, 0.2) is 0 Å². The molecule has 1 aromatic rings. The van der Waals surface area contributed by atoms with Crippen molar-refractivity contribution in [3.63, 3.8) is 0 Å². The lowest BCUT2D eigenvalue weighted by molar-refractivity contribution is 0.148. The van der Waals surface area contributed by atoms with E-state index in [4.69, 9.17) is 0 Å². The van der Waals surface area contributed by atoms with Crippen LogP contribution in [-0.2, 0) is 0 Å². The number of fused-ring (bicyclic) bond motifs is 8. The van der Waals surface area contributed by atoms with Crippen LogP contribution >= 0.6 is 0 Å². The quantitative estimate of drug-likeness (QED) is 0.279. The molecule has 10 unspecified atom stereocenters. The molecule has 1 aromatic carbocycles. The Hall–Kier alpha value is -1.18. The summed E-state index contributed by atoms with van der Waals surface area (Å²) in [7, 11) is 2.76. The summed E-state index contributed by atoms with van der Waals surface area (Å²) in [5, 5.41) is 0. The number of hydrogen-bond acceptors (Lipinski definition) is 2. The molecular formula is C58H94N2. The van der Waals surface area contributed by atoms with E-state index < -0.39 is 0 Å². The van der Waals surface area contributed by atoms with Gasteiger partial charge < -0.3 is 9.80 Å². The number of anilines is 2. The average Bonchev–Trinajstić information content (AvgIpc) is 3.61. The van der Waals surface area contributed by atoms with E-state index in [1.54, 1.807) is 12.8 Å². The van der Waals surface area contributed by atoms with Gasteiger partial charge in [-0.05, 0) is 115 Å². The minimum Gasteiger partial charge on any atom is -0.371 e. The zero-order chi connectivity index (χ0) is 40.3. The van der Waals surface area contributed by atoms with Crippen molar-refractivity contribution in [1.29, 1.82) is 0 Å². The van der Waals surface area contributed by atoms with Gasteiger partial charge in [-0.25, -0.2) is 0 Å². The van der Waals surface area contributed by atoms with E-state index in [1.807, 2.05) is 16.9 Å². The highest BCUT2D eigenvalue weighted by Gasteiger charge is 2.57. The first-order chi connectivity index (χ1) is 29.8. The molecule has 10 rings (SSSR count). The second-order valence-electron chi connectivity index (χ2n) is 23.6. The van der Waals surface area contributed by atoms with Crippen LogP contribution in [-0.4, -0.2) is 25.2 Å². The molecule has 336 valence electrons. The minimum absolute atomic E-state index is 0.756. The van der Waals surface area contributed by atoms with E-state index in [0.717, 1.165) is 65.5 Å². The van der Waals surface area contributed by atoms with Crippen LogP contribution in [0.15, 0.2) is 0 Å². The van der Waals surface area contributed by atoms with E-state index in [9.17, 15) is 0 Å². The second-order valence-corrected chi connectivity index (χ2v) is 23.6. The molecule has 3 aliphatic heterocycles. The molecule has 10 atom stereocenters. The zero-order valence-electron chi connectivity index (χ0n) is 39.5. The number of benzene rings is 1. The number of nitrogens with zero attached hydrogens (tertiary/aromatic N) is 2. The molecule has 9 aliphatic rings. The Kier molecular flexibility index (Phi) is 14.5. The molecular weight excluding hydrogens is 725 g/mol. The highest BCUT2D eigenvalue weighted by Crippen LogP contribution is 2.67. The van der Waals surface area contributed by atoms with Crippen LogP contribution in [0.2, 0.25) is 0 Å². The van der Waals surface area contributed by atoms with Gasteiger partial charge in [0, 0.05) is 42.5 Å². The summed E-state index contributed by atoms with van der Waals surface area (Å²) >= 11 is 0. The summed E-state index contributed by atoms with van der Waals surface area (Å²) in [6.45, 7) is 0. The lowest BCUT2D eigenvalue weighted by atomic mass is 9.59. The minimum atomic E-state index is 0.756. The van der Waals surface area contributed by atoms with Gasteiger partial charge in [0.25, 0.3) is 0 Å². The fraction of sp³-hybridized carbons (Fsp3) is 0.897. The van der Waals surface area contributed by atoms with Crippen LogP contribution in [0, 0.1) is 23.7 Å². The molecule has 6 aliphatic carbocycles. The predicted octanol–water partition coefficient (Wildman–Crippen LogP) is 17.6. The maximum absolute atomic E-state index is 3.47. The largest absolute Gasteiger partial charge is 0.371 e. The van der Waals surface area contributed by atoms with Crippen LogP contribution in [0.4, 0.5) is 11.4 Å². The zero-order valence-corrected chi connectivity index (χ0v) is 39.5. The fourth-order valence-corrected chi connectivity index (χ4v) is 17.7. The van der Waals surface area contributed by atoms with Gasteiger partial charge in [-0.15, -0.1) is 0 Å². The van der Waals surface area contributed by atoms with Crippen LogP contribution in [0.1, 0.15) is 303 Å². The van der Waals surface area contributed by atoms with Crippen LogP contribution in [0.5, 0.6) is 0 Å². The standard InChI is InChI=1S/C58H94N2/c1-59-49-40-28-15-4-10-19-31-42-30-18-9-3-13-25-37-46(51(42)49)56-54-45-36-24-12-6-14-27-39-48(45)60-50-41-29-16-5-11-20-32-43-33-23-17-26-38-47(52(43)50)55(58(54)60)53(57(56)59)44-34-21-7-2-8-22-35-44/h42-52H,2-41H2,1H3. The number of hydrogen-bond donors (Lipinski definition) is 0. The molecule has 6 fully saturated rings. The molecule has 0 bridgehead atoms. The smallest absolute Gasteiger partial charge is 0.0450 e. The normalized spacial score (nSPS) is 38.0. The van der Waals surface area contributed by atoms with E-state index in [1.165, 1.54) is 244 Å². The average molecular weight is 819 g/mol. The Morgan fingerprint density at radius 3 is 1.13 bits per heavy atom. The Morgan fingerprint density at radius 1 is 0.283 bits per heavy atom. The van der Waals surface area contributed by atoms with E-state index in [-0.39, 0.29) is 0 Å². The van der Waals surface area contributed by atoms with Gasteiger partial charge in [-0.1, -0.05) is 205 Å². The SMILES string of the molecule is CN1c2c(C3CCCCCCC3)c3c4c(c2C2CCCCCCCC5CCCCCCCC1C52)C1CCCCCCCC1N4C1CCCCCCCC2CCCCCC3C21. The highest BCUT2D eigenvalue weighted by molar-refractivity contribution is 5.84. The third kappa shape index (κ3) is 8.44. The van der Waals surface area contributed by atoms with Crippen molar-refractivity contribution in [2.45, 2.75) is 299 Å². The summed E-state index contributed by atoms with van der Waals surface area (Å²) in [6, 6.07) is 2.34. The lowest BCUT2D eigenvalue weighted by Gasteiger charge is -2.56. The van der Waals surface area contributed by atoms with Gasteiger partial charge in [-0.2, -0.15) is 0 Å². The summed E-state index contributed by atoms with van der Waals surface area (Å²) in [6.07, 6.45) is 59.8. The maximum atomic E-state index is 3.47. The first-order valence-electron chi connectivity index (χ1n) is 28.6. The first-order valence-corrected chi connectivity index (χ1v) is 28.6. The molecule has 0 N–H and O–H groups in total. The van der Waals surface area contributed by atoms with Crippen LogP contribution in [0.3, 0.4) is 0 Å². The Balaban J connectivity index is 1.27. The maximum Gasteiger partial charge on any atom is 0.0450 e. The molecule has 0 radical (unpaired) electrons. The van der Waals surface area contributed by atoms with Crippen molar-refractivity contribution in [3.05, 3.63) is 22.3 Å². The third-order valence-electron chi connectivity index (χ3n) is 20.3. The van der Waals surface area contributed by atoms with E-state index in [2.05, 4.69) is 33.5 Å². The first kappa shape index (κ1) is 42.8. The predicted molar refractivity (Wildman–Crippen MR) is 258 cm³/mol. The molecule has 2 nitrogen and oxygen atoms in total. The topological polar surface area (TPSA) is 6.48 Å². The summed E-state index contributed by atoms with van der Waals surface area (Å²) in [4.78, 5) is 6.68. The van der Waals surface area contributed by atoms with Gasteiger partial charge in [-0.3, -0.25) is 0 Å². The van der Waals surface area contributed by atoms with Gasteiger partial charge >= 0.3 is 0 Å². The van der Waals surface area contributed by atoms with Crippen molar-refractivity contribution < 1.29 is 0 Å². The monoisotopic (exact) mass is 819 g/mol. The van der Waals surface area contributed by atoms with Crippen molar-refractivity contribution in [3.8, 4) is 0 Å². The van der Waals surface area contributed by atoms with Crippen molar-refractivity contribution in [2.75, 3.05) is 16.8 Å². The molecule has 0 aromatic heterocycles. The van der Waals surface area contributed by atoms with Crippen molar-refractivity contribution in [2.24, 2.45) is 23.7 Å². The molecule has 60 heavy (non-hydrogen) atoms. The van der Waals surface area contributed by atoms with E-state index >= 15 is 0 Å². The van der Waals surface area contributed by atoms with Gasteiger partial charge in [0.05, 0.1) is 0 Å². The van der Waals surface area contributed by atoms with Crippen LogP contribution < -0.4 is 9.80 Å². The second kappa shape index (κ2) is 20.3. The molecule has 0 saturated heterocycles. The fourth-order valence-electron chi connectivity index (χ4n) is 17.7. The Bertz CT molecular complexity index is 1510. The Labute approximate surface area is 371 Å². The highest BCUT2D eigenvalue weighted by atomic mass is 15.2. The molecule has 6 saturated carbocycles. The molecule has 0 spiro atoms. The van der Waals surface area contributed by atoms with Gasteiger partial charge in [0.2, 0.25) is 0 Å².